The number of nitrogens with zero attached hydrogens (tertiary/aromatic N) is 5. The highest BCUT2D eigenvalue weighted by molar-refractivity contribution is 6.15. The van der Waals surface area contributed by atoms with E-state index >= 15 is 0 Å². The van der Waals surface area contributed by atoms with E-state index in [1.807, 2.05) is 66.7 Å². The van der Waals surface area contributed by atoms with Crippen molar-refractivity contribution in [2.45, 2.75) is 6.04 Å². The molecule has 1 aliphatic carbocycles. The Morgan fingerprint density at radius 2 is 1.09 bits per heavy atom. The van der Waals surface area contributed by atoms with Gasteiger partial charge in [-0.05, 0) is 42.5 Å². The molecule has 1 aliphatic heterocycles. The molecule has 12 rings (SSSR count). The Morgan fingerprint density at radius 3 is 1.81 bits per heavy atom. The molecule has 10 aromatic rings. The van der Waals surface area contributed by atoms with Crippen LogP contribution in [-0.2, 0) is 0 Å². The van der Waals surface area contributed by atoms with Crippen molar-refractivity contribution in [3.63, 3.8) is 0 Å². The zero-order valence-electron chi connectivity index (χ0n) is 30.5. The molecule has 1 unspecified atom stereocenters. The van der Waals surface area contributed by atoms with Crippen molar-refractivity contribution in [3.8, 4) is 39.9 Å². The van der Waals surface area contributed by atoms with Crippen LogP contribution in [0.25, 0.3) is 89.2 Å². The minimum atomic E-state index is -0.00996. The van der Waals surface area contributed by atoms with Gasteiger partial charge in [-0.15, -0.1) is 5.73 Å². The van der Waals surface area contributed by atoms with Crippen LogP contribution in [0, 0.1) is 0 Å². The second-order valence-electron chi connectivity index (χ2n) is 14.5. The number of anilines is 2. The van der Waals surface area contributed by atoms with Gasteiger partial charge in [-0.2, -0.15) is 0 Å². The molecule has 2 aliphatic rings. The molecule has 3 aromatic heterocycles. The first-order valence-electron chi connectivity index (χ1n) is 19.2. The van der Waals surface area contributed by atoms with E-state index in [0.717, 1.165) is 66.7 Å². The van der Waals surface area contributed by atoms with Crippen molar-refractivity contribution in [2.24, 2.45) is 0 Å². The molecule has 0 fully saturated rings. The summed E-state index contributed by atoms with van der Waals surface area (Å²) in [5, 5.41) is 4.37. The van der Waals surface area contributed by atoms with Gasteiger partial charge in [0.1, 0.15) is 5.58 Å². The third-order valence-corrected chi connectivity index (χ3v) is 11.3. The van der Waals surface area contributed by atoms with Crippen LogP contribution in [-0.4, -0.2) is 25.6 Å². The van der Waals surface area contributed by atoms with Crippen molar-refractivity contribution in [1.29, 1.82) is 0 Å². The summed E-state index contributed by atoms with van der Waals surface area (Å²) in [7, 11) is 0. The molecule has 0 saturated heterocycles. The van der Waals surface area contributed by atoms with Gasteiger partial charge in [-0.25, -0.2) is 15.0 Å². The smallest absolute Gasteiger partial charge is 0.167 e. The summed E-state index contributed by atoms with van der Waals surface area (Å²) in [5.41, 5.74) is 15.3. The highest BCUT2D eigenvalue weighted by Gasteiger charge is 2.35. The van der Waals surface area contributed by atoms with Crippen LogP contribution in [0.2, 0.25) is 0 Å². The second kappa shape index (κ2) is 12.4. The van der Waals surface area contributed by atoms with Gasteiger partial charge in [-0.3, -0.25) is 0 Å². The standard InChI is InChI=1S/C51H31N5O/c1-3-16-32(17-4-1)49-52-50(33-18-5-2-6-19-33)54-51(53-49)41-31-34(55-42-25-11-7-20-35(42)36-21-8-12-26-43(36)55)30-40-39-24-15-29-46(48(39)57-47(40)41)56-44-27-13-9-22-37(44)38-23-10-14-28-45(38)56/h1-22,24-31,45H. The molecule has 6 nitrogen and oxygen atoms in total. The van der Waals surface area contributed by atoms with Gasteiger partial charge in [0.15, 0.2) is 23.1 Å². The number of allylic oxidation sites excluding steroid dienone is 1. The first kappa shape index (κ1) is 31.5. The summed E-state index contributed by atoms with van der Waals surface area (Å²) in [4.78, 5) is 17.8. The third kappa shape index (κ3) is 4.82. The molecular weight excluding hydrogens is 699 g/mol. The number of benzene rings is 7. The molecule has 4 heterocycles. The summed E-state index contributed by atoms with van der Waals surface area (Å²) in [5.74, 6) is 1.72. The quantitative estimate of drug-likeness (QED) is 0.165. The number of furan rings is 1. The van der Waals surface area contributed by atoms with E-state index < -0.39 is 0 Å². The van der Waals surface area contributed by atoms with Crippen molar-refractivity contribution in [1.82, 2.24) is 19.5 Å². The zero-order chi connectivity index (χ0) is 37.5. The van der Waals surface area contributed by atoms with E-state index in [4.69, 9.17) is 19.4 Å². The highest BCUT2D eigenvalue weighted by Crippen LogP contribution is 2.49. The molecule has 0 bridgehead atoms. The number of aromatic nitrogens is 4. The summed E-state index contributed by atoms with van der Waals surface area (Å²) in [6.45, 7) is 0. The molecule has 0 spiro atoms. The number of hydrogen-bond acceptors (Lipinski definition) is 5. The molecule has 266 valence electrons. The van der Waals surface area contributed by atoms with E-state index in [9.17, 15) is 0 Å². The molecule has 1 atom stereocenters. The van der Waals surface area contributed by atoms with Crippen molar-refractivity contribution in [2.75, 3.05) is 4.90 Å². The summed E-state index contributed by atoms with van der Waals surface area (Å²) in [6.07, 6.45) is 6.32. The van der Waals surface area contributed by atoms with Crippen molar-refractivity contribution < 1.29 is 4.42 Å². The van der Waals surface area contributed by atoms with Crippen LogP contribution in [0.5, 0.6) is 0 Å². The number of para-hydroxylation sites is 4. The predicted molar refractivity (Wildman–Crippen MR) is 231 cm³/mol. The first-order valence-corrected chi connectivity index (χ1v) is 19.2. The van der Waals surface area contributed by atoms with Gasteiger partial charge in [0.25, 0.3) is 0 Å². The summed E-state index contributed by atoms with van der Waals surface area (Å²) in [6, 6.07) is 56.9. The van der Waals surface area contributed by atoms with Crippen LogP contribution in [0.1, 0.15) is 5.56 Å². The topological polar surface area (TPSA) is 60.0 Å². The summed E-state index contributed by atoms with van der Waals surface area (Å²) >= 11 is 0. The Morgan fingerprint density at radius 1 is 0.491 bits per heavy atom. The Hall–Kier alpha value is -7.79. The molecule has 7 aromatic carbocycles. The van der Waals surface area contributed by atoms with Crippen LogP contribution in [0.15, 0.2) is 192 Å². The van der Waals surface area contributed by atoms with E-state index in [0.29, 0.717) is 23.1 Å². The van der Waals surface area contributed by atoms with E-state index in [2.05, 4.69) is 130 Å². The van der Waals surface area contributed by atoms with Gasteiger partial charge in [0, 0.05) is 49.5 Å². The number of fused-ring (bicyclic) bond motifs is 9. The van der Waals surface area contributed by atoms with E-state index in [-0.39, 0.29) is 6.04 Å². The van der Waals surface area contributed by atoms with Gasteiger partial charge in [-0.1, -0.05) is 140 Å². The first-order chi connectivity index (χ1) is 28.3. The lowest BCUT2D eigenvalue weighted by Crippen LogP contribution is -2.25. The minimum Gasteiger partial charge on any atom is -0.453 e. The molecule has 0 N–H and O–H groups in total. The lowest BCUT2D eigenvalue weighted by molar-refractivity contribution is 0.668. The Kier molecular flexibility index (Phi) is 6.85. The van der Waals surface area contributed by atoms with Gasteiger partial charge >= 0.3 is 0 Å². The molecule has 6 heteroatoms. The lowest BCUT2D eigenvalue weighted by Gasteiger charge is -2.26. The van der Waals surface area contributed by atoms with Crippen LogP contribution in [0.4, 0.5) is 11.4 Å². The van der Waals surface area contributed by atoms with E-state index in [1.165, 1.54) is 16.3 Å². The number of hydrogen-bond donors (Lipinski definition) is 0. The minimum absolute atomic E-state index is 0.00996. The van der Waals surface area contributed by atoms with Gasteiger partial charge in [0.05, 0.1) is 34.0 Å². The number of rotatable bonds is 5. The van der Waals surface area contributed by atoms with Crippen LogP contribution >= 0.6 is 0 Å². The average Bonchev–Trinajstić information content (AvgIpc) is 3.95. The van der Waals surface area contributed by atoms with Crippen molar-refractivity contribution in [3.05, 3.63) is 193 Å². The maximum Gasteiger partial charge on any atom is 0.167 e. The Labute approximate surface area is 327 Å². The molecule has 57 heavy (non-hydrogen) atoms. The van der Waals surface area contributed by atoms with E-state index in [1.54, 1.807) is 0 Å². The molecule has 0 saturated carbocycles. The zero-order valence-corrected chi connectivity index (χ0v) is 30.5. The lowest BCUT2D eigenvalue weighted by atomic mass is 10.0. The van der Waals surface area contributed by atoms with Gasteiger partial charge < -0.3 is 13.9 Å². The maximum absolute atomic E-state index is 7.20. The average molecular weight is 730 g/mol. The fourth-order valence-electron chi connectivity index (χ4n) is 8.76. The van der Waals surface area contributed by atoms with Gasteiger partial charge in [0.2, 0.25) is 0 Å². The largest absolute Gasteiger partial charge is 0.453 e. The fraction of sp³-hybridized carbons (Fsp3) is 0.0196. The Balaban J connectivity index is 1.18. The summed E-state index contributed by atoms with van der Waals surface area (Å²) < 4.78 is 9.55. The monoisotopic (exact) mass is 729 g/mol. The molecular formula is C51H31N5O. The second-order valence-corrected chi connectivity index (χ2v) is 14.5. The normalized spacial score (nSPS) is 14.5. The maximum atomic E-state index is 7.20. The predicted octanol–water partition coefficient (Wildman–Crippen LogP) is 12.5. The fourth-order valence-corrected chi connectivity index (χ4v) is 8.76. The molecule has 0 amide bonds. The van der Waals surface area contributed by atoms with Crippen LogP contribution in [0.3, 0.4) is 0 Å². The van der Waals surface area contributed by atoms with Crippen LogP contribution < -0.4 is 4.90 Å². The molecule has 0 radical (unpaired) electrons. The Bertz CT molecular complexity index is 3240. The highest BCUT2D eigenvalue weighted by atomic mass is 16.3. The SMILES string of the molecule is C1=CC=CC2C=1c1ccccc1N2c1cccc2c1oc1c(-c3nc(-c4ccccc4)nc(-c4ccccc4)n3)cc(-n3c4ccccc4c4ccccc43)cc12. The van der Waals surface area contributed by atoms with Crippen molar-refractivity contribution >= 4 is 60.7 Å². The third-order valence-electron chi connectivity index (χ3n) is 11.3.